The fourth-order valence-corrected chi connectivity index (χ4v) is 6.35. The second-order valence-corrected chi connectivity index (χ2v) is 12.3. The number of carbonyl (C=O) groups is 3. The van der Waals surface area contributed by atoms with E-state index < -0.39 is 27.9 Å². The fraction of sp³-hybridized carbons (Fsp3) is 0.323. The summed E-state index contributed by atoms with van der Waals surface area (Å²) in [5.74, 6) is -1.13. The molecule has 9 heteroatoms. The second kappa shape index (κ2) is 12.5. The first-order chi connectivity index (χ1) is 19.1. The van der Waals surface area contributed by atoms with E-state index in [9.17, 15) is 22.8 Å². The van der Waals surface area contributed by atoms with Crippen molar-refractivity contribution in [3.8, 4) is 0 Å². The third-order valence-corrected chi connectivity index (χ3v) is 8.67. The summed E-state index contributed by atoms with van der Waals surface area (Å²) in [4.78, 5) is 41.8. The highest BCUT2D eigenvalue weighted by molar-refractivity contribution is 7.90. The van der Waals surface area contributed by atoms with E-state index in [1.807, 2.05) is 75.4 Å². The van der Waals surface area contributed by atoms with Gasteiger partial charge in [-0.25, -0.2) is 12.7 Å². The van der Waals surface area contributed by atoms with Gasteiger partial charge in [0.15, 0.2) is 0 Å². The van der Waals surface area contributed by atoms with Crippen molar-refractivity contribution in [3.63, 3.8) is 0 Å². The average molecular weight is 562 g/mol. The number of fused-ring (bicyclic) bond motifs is 1. The van der Waals surface area contributed by atoms with Gasteiger partial charge in [-0.1, -0.05) is 86.1 Å². The van der Waals surface area contributed by atoms with Crippen LogP contribution < -0.4 is 5.32 Å². The zero-order valence-corrected chi connectivity index (χ0v) is 23.9. The summed E-state index contributed by atoms with van der Waals surface area (Å²) < 4.78 is 26.9. The second-order valence-electron chi connectivity index (χ2n) is 10.5. The molecule has 0 unspecified atom stereocenters. The maximum atomic E-state index is 13.9. The average Bonchev–Trinajstić information content (AvgIpc) is 3.13. The number of benzene rings is 3. The molecular formula is C31H35N3O5S. The lowest BCUT2D eigenvalue weighted by Gasteiger charge is -2.32. The van der Waals surface area contributed by atoms with E-state index in [0.29, 0.717) is 6.54 Å². The predicted octanol–water partition coefficient (Wildman–Crippen LogP) is 3.94. The summed E-state index contributed by atoms with van der Waals surface area (Å²) in [6.45, 7) is 6.24. The lowest BCUT2D eigenvalue weighted by Crippen LogP contribution is -2.51. The van der Waals surface area contributed by atoms with Gasteiger partial charge in [-0.05, 0) is 36.1 Å². The van der Waals surface area contributed by atoms with Gasteiger partial charge in [-0.3, -0.25) is 14.4 Å². The summed E-state index contributed by atoms with van der Waals surface area (Å²) in [7, 11) is -4.05. The molecule has 0 aliphatic carbocycles. The Morgan fingerprint density at radius 2 is 1.60 bits per heavy atom. The van der Waals surface area contributed by atoms with E-state index in [4.69, 9.17) is 0 Å². The molecule has 3 amide bonds. The highest BCUT2D eigenvalue weighted by Crippen LogP contribution is 2.30. The Morgan fingerprint density at radius 1 is 0.925 bits per heavy atom. The Hall–Kier alpha value is -3.98. The Bertz CT molecular complexity index is 1490. The lowest BCUT2D eigenvalue weighted by molar-refractivity contribution is -0.141. The first-order valence-corrected chi connectivity index (χ1v) is 14.8. The zero-order valence-electron chi connectivity index (χ0n) is 23.0. The van der Waals surface area contributed by atoms with Crippen molar-refractivity contribution in [2.75, 3.05) is 13.1 Å². The van der Waals surface area contributed by atoms with Gasteiger partial charge in [0.25, 0.3) is 15.9 Å². The highest BCUT2D eigenvalue weighted by Gasteiger charge is 2.41. The lowest BCUT2D eigenvalue weighted by atomic mass is 10.0. The summed E-state index contributed by atoms with van der Waals surface area (Å²) in [5.41, 5.74) is 2.85. The van der Waals surface area contributed by atoms with Crippen LogP contribution in [0.3, 0.4) is 0 Å². The van der Waals surface area contributed by atoms with Gasteiger partial charge in [-0.2, -0.15) is 0 Å². The van der Waals surface area contributed by atoms with E-state index in [2.05, 4.69) is 5.32 Å². The van der Waals surface area contributed by atoms with Crippen molar-refractivity contribution in [1.29, 1.82) is 0 Å². The van der Waals surface area contributed by atoms with E-state index in [-0.39, 0.29) is 48.2 Å². The van der Waals surface area contributed by atoms with Crippen LogP contribution in [0.1, 0.15) is 47.3 Å². The number of hydrogen-bond acceptors (Lipinski definition) is 5. The Kier molecular flexibility index (Phi) is 9.04. The van der Waals surface area contributed by atoms with Gasteiger partial charge in [0, 0.05) is 32.5 Å². The summed E-state index contributed by atoms with van der Waals surface area (Å²) >= 11 is 0. The van der Waals surface area contributed by atoms with Crippen LogP contribution in [0.25, 0.3) is 0 Å². The quantitative estimate of drug-likeness (QED) is 0.382. The largest absolute Gasteiger partial charge is 0.354 e. The maximum Gasteiger partial charge on any atom is 0.269 e. The highest BCUT2D eigenvalue weighted by atomic mass is 32.2. The molecule has 210 valence electrons. The third kappa shape index (κ3) is 6.59. The van der Waals surface area contributed by atoms with Crippen LogP contribution in [-0.4, -0.2) is 54.5 Å². The van der Waals surface area contributed by atoms with Gasteiger partial charge in [-0.15, -0.1) is 0 Å². The molecule has 3 aromatic carbocycles. The van der Waals surface area contributed by atoms with Crippen LogP contribution in [0.15, 0.2) is 83.8 Å². The van der Waals surface area contributed by atoms with Crippen molar-refractivity contribution in [3.05, 3.63) is 101 Å². The van der Waals surface area contributed by atoms with Crippen LogP contribution in [0.4, 0.5) is 0 Å². The maximum absolute atomic E-state index is 13.9. The number of aryl methyl sites for hydroxylation is 1. The van der Waals surface area contributed by atoms with E-state index in [1.54, 1.807) is 12.1 Å². The minimum Gasteiger partial charge on any atom is -0.354 e. The molecule has 1 aliphatic heterocycles. The number of rotatable bonds is 11. The Morgan fingerprint density at radius 3 is 2.27 bits per heavy atom. The van der Waals surface area contributed by atoms with E-state index >= 15 is 0 Å². The van der Waals surface area contributed by atoms with E-state index in [1.165, 1.54) is 17.0 Å². The van der Waals surface area contributed by atoms with Crippen LogP contribution in [0.2, 0.25) is 0 Å². The Balaban J connectivity index is 1.63. The third-order valence-electron chi connectivity index (χ3n) is 6.83. The normalized spacial score (nSPS) is 14.6. The van der Waals surface area contributed by atoms with Crippen LogP contribution in [0, 0.1) is 12.8 Å². The van der Waals surface area contributed by atoms with Gasteiger partial charge in [0.2, 0.25) is 11.8 Å². The molecule has 1 aliphatic rings. The molecule has 0 saturated carbocycles. The number of sulfonamides is 1. The van der Waals surface area contributed by atoms with Gasteiger partial charge in [0.1, 0.15) is 10.9 Å². The first-order valence-electron chi connectivity index (χ1n) is 13.4. The van der Waals surface area contributed by atoms with Crippen LogP contribution in [0.5, 0.6) is 0 Å². The predicted molar refractivity (Wildman–Crippen MR) is 153 cm³/mol. The van der Waals surface area contributed by atoms with Crippen LogP contribution >= 0.6 is 0 Å². The monoisotopic (exact) mass is 561 g/mol. The molecule has 40 heavy (non-hydrogen) atoms. The number of amides is 3. The van der Waals surface area contributed by atoms with E-state index in [0.717, 1.165) is 21.0 Å². The number of hydrogen-bond donors (Lipinski definition) is 1. The van der Waals surface area contributed by atoms with Gasteiger partial charge >= 0.3 is 0 Å². The number of nitrogens with one attached hydrogen (secondary N) is 1. The molecule has 3 aromatic rings. The molecule has 0 radical (unpaired) electrons. The first kappa shape index (κ1) is 29.0. The zero-order chi connectivity index (χ0) is 28.9. The van der Waals surface area contributed by atoms with Gasteiger partial charge in [0.05, 0.1) is 5.56 Å². The molecule has 1 atom stereocenters. The molecule has 0 bridgehead atoms. The summed E-state index contributed by atoms with van der Waals surface area (Å²) in [5, 5.41) is 2.97. The SMILES string of the molecule is Cc1cccc(CN(C(=O)CCN2C(=O)c3ccccc3S2(=O)=O)[C@H](Cc2ccccc2)C(=O)NCC(C)C)c1. The Labute approximate surface area is 236 Å². The molecular weight excluding hydrogens is 526 g/mol. The molecule has 4 rings (SSSR count). The minimum absolute atomic E-state index is 0.0564. The number of nitrogens with zero attached hydrogens (tertiary/aromatic N) is 2. The number of carbonyl (C=O) groups excluding carboxylic acids is 3. The molecule has 1 heterocycles. The van der Waals surface area contributed by atoms with Crippen molar-refractivity contribution in [1.82, 2.24) is 14.5 Å². The van der Waals surface area contributed by atoms with Crippen molar-refractivity contribution < 1.29 is 22.8 Å². The molecule has 8 nitrogen and oxygen atoms in total. The van der Waals surface area contributed by atoms with Crippen molar-refractivity contribution in [2.45, 2.75) is 51.1 Å². The molecule has 0 fully saturated rings. The molecule has 0 saturated heterocycles. The van der Waals surface area contributed by atoms with Crippen molar-refractivity contribution >= 4 is 27.7 Å². The summed E-state index contributed by atoms with van der Waals surface area (Å²) in [6.07, 6.45) is 0.0300. The standard InChI is InChI=1S/C31H35N3O5S/c1-22(2)20-32-30(36)27(19-24-11-5-4-6-12-24)33(21-25-13-9-10-23(3)18-25)29(35)16-17-34-31(37)26-14-7-8-15-28(26)40(34,38)39/h4-15,18,22,27H,16-17,19-21H2,1-3H3,(H,32,36)/t27-/m1/s1. The van der Waals surface area contributed by atoms with Gasteiger partial charge < -0.3 is 10.2 Å². The topological polar surface area (TPSA) is 104 Å². The minimum atomic E-state index is -4.05. The molecule has 1 N–H and O–H groups in total. The smallest absolute Gasteiger partial charge is 0.269 e. The molecule has 0 aromatic heterocycles. The van der Waals surface area contributed by atoms with Crippen LogP contribution in [-0.2, 0) is 32.6 Å². The van der Waals surface area contributed by atoms with Crippen molar-refractivity contribution in [2.24, 2.45) is 5.92 Å². The molecule has 0 spiro atoms. The summed E-state index contributed by atoms with van der Waals surface area (Å²) in [6, 6.07) is 22.4. The fourth-order valence-electron chi connectivity index (χ4n) is 4.78.